The number of aryl methyl sites for hydroxylation is 3. The van der Waals surface area contributed by atoms with Crippen molar-refractivity contribution in [3.63, 3.8) is 0 Å². The highest BCUT2D eigenvalue weighted by atomic mass is 32.2. The number of hydrogen-bond donors (Lipinski definition) is 2. The monoisotopic (exact) mass is 358 g/mol. The number of anilines is 3. The predicted molar refractivity (Wildman–Crippen MR) is 95.5 cm³/mol. The minimum atomic E-state index is -3.77. The van der Waals surface area contributed by atoms with E-state index in [1.165, 1.54) is 11.8 Å². The molecule has 0 radical (unpaired) electrons. The average Bonchev–Trinajstić information content (AvgIpc) is 2.91. The molecule has 0 fully saturated rings. The second-order valence-electron chi connectivity index (χ2n) is 5.68. The van der Waals surface area contributed by atoms with Crippen LogP contribution in [0.1, 0.15) is 17.0 Å². The second-order valence-corrected chi connectivity index (χ2v) is 7.30. The summed E-state index contributed by atoms with van der Waals surface area (Å²) in [4.78, 5) is 4.28. The fraction of sp³-hybridized carbons (Fsp3) is 0.176. The summed E-state index contributed by atoms with van der Waals surface area (Å²) in [6.45, 7) is 5.15. The molecule has 8 heteroatoms. The van der Waals surface area contributed by atoms with E-state index in [0.29, 0.717) is 17.2 Å². The highest BCUT2D eigenvalue weighted by Crippen LogP contribution is 2.23. The van der Waals surface area contributed by atoms with Crippen LogP contribution in [0.15, 0.2) is 52.0 Å². The van der Waals surface area contributed by atoms with E-state index in [2.05, 4.69) is 20.2 Å². The molecule has 2 aromatic heterocycles. The molecule has 3 aromatic rings. The number of benzene rings is 1. The van der Waals surface area contributed by atoms with Crippen LogP contribution in [0.3, 0.4) is 0 Å². The number of pyridine rings is 1. The molecule has 0 bridgehead atoms. The molecule has 0 spiro atoms. The van der Waals surface area contributed by atoms with Gasteiger partial charge in [-0.15, -0.1) is 0 Å². The molecular formula is C17H18N4O3S. The Morgan fingerprint density at radius 1 is 0.960 bits per heavy atom. The van der Waals surface area contributed by atoms with Crippen LogP contribution in [0.5, 0.6) is 0 Å². The molecule has 130 valence electrons. The first kappa shape index (κ1) is 17.0. The van der Waals surface area contributed by atoms with E-state index in [0.717, 1.165) is 5.69 Å². The van der Waals surface area contributed by atoms with Crippen LogP contribution in [0.2, 0.25) is 0 Å². The molecule has 0 amide bonds. The topological polar surface area (TPSA) is 97.1 Å². The Morgan fingerprint density at radius 2 is 1.64 bits per heavy atom. The van der Waals surface area contributed by atoms with Crippen molar-refractivity contribution in [3.05, 3.63) is 59.6 Å². The van der Waals surface area contributed by atoms with E-state index in [-0.39, 0.29) is 10.7 Å². The Kier molecular flexibility index (Phi) is 4.45. The molecule has 7 nitrogen and oxygen atoms in total. The van der Waals surface area contributed by atoms with E-state index in [1.807, 2.05) is 31.2 Å². The normalized spacial score (nSPS) is 11.3. The standard InChI is InChI=1S/C17H18N4O3S/c1-11-4-6-14(7-5-11)19-16-9-8-15(10-18-16)21-25(22,23)17-12(2)20-24-13(17)3/h4-10,21H,1-3H3,(H,18,19). The summed E-state index contributed by atoms with van der Waals surface area (Å²) in [5.41, 5.74) is 2.75. The van der Waals surface area contributed by atoms with E-state index in [1.54, 1.807) is 26.0 Å². The molecule has 2 heterocycles. The van der Waals surface area contributed by atoms with Gasteiger partial charge in [-0.25, -0.2) is 13.4 Å². The smallest absolute Gasteiger partial charge is 0.267 e. The van der Waals surface area contributed by atoms with Gasteiger partial charge < -0.3 is 9.84 Å². The lowest BCUT2D eigenvalue weighted by Crippen LogP contribution is -2.14. The van der Waals surface area contributed by atoms with Gasteiger partial charge in [0, 0.05) is 5.69 Å². The zero-order chi connectivity index (χ0) is 18.0. The molecule has 0 saturated carbocycles. The van der Waals surface area contributed by atoms with Crippen molar-refractivity contribution in [2.24, 2.45) is 0 Å². The quantitative estimate of drug-likeness (QED) is 0.724. The summed E-state index contributed by atoms with van der Waals surface area (Å²) in [6, 6.07) is 11.2. The lowest BCUT2D eigenvalue weighted by Gasteiger charge is -2.09. The van der Waals surface area contributed by atoms with Gasteiger partial charge in [0.05, 0.1) is 11.9 Å². The van der Waals surface area contributed by atoms with Crippen LogP contribution >= 0.6 is 0 Å². The molecule has 0 unspecified atom stereocenters. The summed E-state index contributed by atoms with van der Waals surface area (Å²) in [5, 5.41) is 6.82. The average molecular weight is 358 g/mol. The van der Waals surface area contributed by atoms with Gasteiger partial charge in [0.1, 0.15) is 11.5 Å². The van der Waals surface area contributed by atoms with E-state index >= 15 is 0 Å². The molecule has 3 rings (SSSR count). The fourth-order valence-electron chi connectivity index (χ4n) is 2.38. The first-order valence-corrected chi connectivity index (χ1v) is 9.09. The van der Waals surface area contributed by atoms with Crippen molar-refractivity contribution in [3.8, 4) is 0 Å². The van der Waals surface area contributed by atoms with Crippen LogP contribution in [0.4, 0.5) is 17.2 Å². The van der Waals surface area contributed by atoms with Crippen molar-refractivity contribution in [1.82, 2.24) is 10.1 Å². The van der Waals surface area contributed by atoms with Gasteiger partial charge in [-0.1, -0.05) is 22.9 Å². The van der Waals surface area contributed by atoms with Gasteiger partial charge in [-0.2, -0.15) is 0 Å². The fourth-order valence-corrected chi connectivity index (χ4v) is 3.75. The first-order valence-electron chi connectivity index (χ1n) is 7.60. The number of aromatic nitrogens is 2. The summed E-state index contributed by atoms with van der Waals surface area (Å²) in [6.07, 6.45) is 1.45. The van der Waals surface area contributed by atoms with Crippen LogP contribution in [0.25, 0.3) is 0 Å². The highest BCUT2D eigenvalue weighted by molar-refractivity contribution is 7.92. The minimum absolute atomic E-state index is 0.0503. The first-order chi connectivity index (χ1) is 11.8. The van der Waals surface area contributed by atoms with Crippen molar-refractivity contribution in [2.45, 2.75) is 25.7 Å². The summed E-state index contributed by atoms with van der Waals surface area (Å²) in [5.74, 6) is 0.861. The number of nitrogens with zero attached hydrogens (tertiary/aromatic N) is 2. The maximum Gasteiger partial charge on any atom is 0.267 e. The summed E-state index contributed by atoms with van der Waals surface area (Å²) >= 11 is 0. The lowest BCUT2D eigenvalue weighted by atomic mass is 10.2. The molecule has 0 atom stereocenters. The zero-order valence-corrected chi connectivity index (χ0v) is 14.9. The van der Waals surface area contributed by atoms with Gasteiger partial charge in [0.2, 0.25) is 0 Å². The SMILES string of the molecule is Cc1ccc(Nc2ccc(NS(=O)(=O)c3c(C)noc3C)cn2)cc1. The highest BCUT2D eigenvalue weighted by Gasteiger charge is 2.24. The summed E-state index contributed by atoms with van der Waals surface area (Å²) < 4.78 is 32.3. The molecule has 0 saturated heterocycles. The number of hydrogen-bond acceptors (Lipinski definition) is 6. The van der Waals surface area contributed by atoms with Crippen LogP contribution < -0.4 is 10.0 Å². The maximum atomic E-state index is 12.5. The number of nitrogens with one attached hydrogen (secondary N) is 2. The summed E-state index contributed by atoms with van der Waals surface area (Å²) in [7, 11) is -3.77. The van der Waals surface area contributed by atoms with Gasteiger partial charge in [-0.05, 0) is 45.0 Å². The largest absolute Gasteiger partial charge is 0.360 e. The maximum absolute atomic E-state index is 12.5. The Morgan fingerprint density at radius 3 is 2.20 bits per heavy atom. The van der Waals surface area contributed by atoms with Crippen molar-refractivity contribution < 1.29 is 12.9 Å². The van der Waals surface area contributed by atoms with Crippen LogP contribution in [0, 0.1) is 20.8 Å². The van der Waals surface area contributed by atoms with Crippen LogP contribution in [-0.2, 0) is 10.0 Å². The molecule has 25 heavy (non-hydrogen) atoms. The molecular weight excluding hydrogens is 340 g/mol. The number of sulfonamides is 1. The van der Waals surface area contributed by atoms with Crippen molar-refractivity contribution in [2.75, 3.05) is 10.0 Å². The molecule has 2 N–H and O–H groups in total. The number of rotatable bonds is 5. The Labute approximate surface area is 146 Å². The molecule has 0 aliphatic rings. The van der Waals surface area contributed by atoms with E-state index < -0.39 is 10.0 Å². The van der Waals surface area contributed by atoms with E-state index in [4.69, 9.17) is 4.52 Å². The molecule has 0 aliphatic heterocycles. The van der Waals surface area contributed by atoms with Crippen LogP contribution in [-0.4, -0.2) is 18.6 Å². The predicted octanol–water partition coefficient (Wildman–Crippen LogP) is 3.54. The van der Waals surface area contributed by atoms with Crippen molar-refractivity contribution >= 4 is 27.2 Å². The molecule has 0 aliphatic carbocycles. The van der Waals surface area contributed by atoms with E-state index in [9.17, 15) is 8.42 Å². The van der Waals surface area contributed by atoms with Gasteiger partial charge >= 0.3 is 0 Å². The Balaban J connectivity index is 1.75. The Hall–Kier alpha value is -2.87. The third-order valence-electron chi connectivity index (χ3n) is 3.58. The van der Waals surface area contributed by atoms with Gasteiger partial charge in [-0.3, -0.25) is 4.72 Å². The minimum Gasteiger partial charge on any atom is -0.360 e. The zero-order valence-electron chi connectivity index (χ0n) is 14.1. The van der Waals surface area contributed by atoms with Gasteiger partial charge in [0.15, 0.2) is 10.7 Å². The van der Waals surface area contributed by atoms with Gasteiger partial charge in [0.25, 0.3) is 10.0 Å². The Bertz CT molecular complexity index is 958. The van der Waals surface area contributed by atoms with Crippen molar-refractivity contribution in [1.29, 1.82) is 0 Å². The third kappa shape index (κ3) is 3.80. The molecule has 1 aromatic carbocycles. The third-order valence-corrected chi connectivity index (χ3v) is 5.20. The lowest BCUT2D eigenvalue weighted by molar-refractivity contribution is 0.390. The second kappa shape index (κ2) is 6.56.